The number of nitrogens with zero attached hydrogens (tertiary/aromatic N) is 1. The summed E-state index contributed by atoms with van der Waals surface area (Å²) in [4.78, 5) is 3.92. The van der Waals surface area contributed by atoms with E-state index in [1.165, 1.54) is 7.05 Å². The number of guanidine groups is 1. The topological polar surface area (TPSA) is 36.4 Å². The first-order chi connectivity index (χ1) is 10.1. The van der Waals surface area contributed by atoms with E-state index in [0.29, 0.717) is 17.5 Å². The molecule has 0 aliphatic rings. The van der Waals surface area contributed by atoms with Crippen LogP contribution in [-0.4, -0.2) is 32.3 Å². The highest BCUT2D eigenvalue weighted by atomic mass is 35.5. The summed E-state index contributed by atoms with van der Waals surface area (Å²) >= 11 is 5.87. The Morgan fingerprint density at radius 3 is 2.23 bits per heavy atom. The van der Waals surface area contributed by atoms with Gasteiger partial charge in [0.1, 0.15) is 0 Å². The molecule has 0 saturated heterocycles. The Labute approximate surface area is 134 Å². The first-order valence-electron chi connectivity index (χ1n) is 6.91. The number of benzene rings is 1. The SMILES string of the molecule is CN=C(NCCC(F)(F)F)NCC(C)(C)c1ccc(Cl)cc1. The Morgan fingerprint density at radius 1 is 1.14 bits per heavy atom. The average Bonchev–Trinajstić information content (AvgIpc) is 2.42. The van der Waals surface area contributed by atoms with Crippen LogP contribution in [0.25, 0.3) is 0 Å². The minimum Gasteiger partial charge on any atom is -0.356 e. The molecule has 3 nitrogen and oxygen atoms in total. The first kappa shape index (κ1) is 18.6. The summed E-state index contributed by atoms with van der Waals surface area (Å²) in [5.74, 6) is 0.353. The van der Waals surface area contributed by atoms with Gasteiger partial charge in [-0.1, -0.05) is 37.6 Å². The lowest BCUT2D eigenvalue weighted by Crippen LogP contribution is -2.44. The molecule has 0 atom stereocenters. The van der Waals surface area contributed by atoms with Gasteiger partial charge in [-0.15, -0.1) is 0 Å². The van der Waals surface area contributed by atoms with Crippen molar-refractivity contribution >= 4 is 17.6 Å². The van der Waals surface area contributed by atoms with E-state index in [0.717, 1.165) is 5.56 Å². The summed E-state index contributed by atoms with van der Waals surface area (Å²) < 4.78 is 36.4. The van der Waals surface area contributed by atoms with Crippen molar-refractivity contribution < 1.29 is 13.2 Å². The molecule has 22 heavy (non-hydrogen) atoms. The van der Waals surface area contributed by atoms with Crippen molar-refractivity contribution in [2.45, 2.75) is 31.9 Å². The molecule has 0 heterocycles. The van der Waals surface area contributed by atoms with Crippen LogP contribution in [0.3, 0.4) is 0 Å². The molecule has 0 aliphatic carbocycles. The highest BCUT2D eigenvalue weighted by Crippen LogP contribution is 2.23. The Bertz CT molecular complexity index is 496. The molecule has 1 aromatic carbocycles. The molecule has 0 aromatic heterocycles. The van der Waals surface area contributed by atoms with Crippen molar-refractivity contribution in [2.24, 2.45) is 4.99 Å². The third kappa shape index (κ3) is 6.56. The second-order valence-electron chi connectivity index (χ2n) is 5.61. The predicted molar refractivity (Wildman–Crippen MR) is 84.5 cm³/mol. The standard InChI is InChI=1S/C15H21ClF3N3/c1-14(2,11-4-6-12(16)7-5-11)10-22-13(20-3)21-9-8-15(17,18)19/h4-7H,8-10H2,1-3H3,(H2,20,21,22). The lowest BCUT2D eigenvalue weighted by Gasteiger charge is -2.27. The van der Waals surface area contributed by atoms with Crippen molar-refractivity contribution in [2.75, 3.05) is 20.1 Å². The van der Waals surface area contributed by atoms with Gasteiger partial charge in [0.2, 0.25) is 0 Å². The number of hydrogen-bond acceptors (Lipinski definition) is 1. The molecule has 0 bridgehead atoms. The van der Waals surface area contributed by atoms with Crippen LogP contribution >= 0.6 is 11.6 Å². The molecular formula is C15H21ClF3N3. The maximum Gasteiger partial charge on any atom is 0.390 e. The van der Waals surface area contributed by atoms with Crippen molar-refractivity contribution in [1.82, 2.24) is 10.6 Å². The first-order valence-corrected chi connectivity index (χ1v) is 7.29. The van der Waals surface area contributed by atoms with Crippen molar-refractivity contribution in [3.63, 3.8) is 0 Å². The summed E-state index contributed by atoms with van der Waals surface area (Å²) in [6, 6.07) is 7.50. The number of rotatable bonds is 5. The van der Waals surface area contributed by atoms with Gasteiger partial charge in [0.05, 0.1) is 6.42 Å². The van der Waals surface area contributed by atoms with Gasteiger partial charge < -0.3 is 10.6 Å². The quantitative estimate of drug-likeness (QED) is 0.635. The van der Waals surface area contributed by atoms with Crippen LogP contribution in [0.4, 0.5) is 13.2 Å². The molecule has 0 aliphatic heterocycles. The van der Waals surface area contributed by atoms with Gasteiger partial charge in [-0.05, 0) is 17.7 Å². The smallest absolute Gasteiger partial charge is 0.356 e. The zero-order valence-electron chi connectivity index (χ0n) is 12.9. The van der Waals surface area contributed by atoms with Crippen molar-refractivity contribution in [3.05, 3.63) is 34.9 Å². The molecule has 0 radical (unpaired) electrons. The zero-order chi connectivity index (χ0) is 16.8. The molecular weight excluding hydrogens is 315 g/mol. The van der Waals surface area contributed by atoms with Crippen molar-refractivity contribution in [3.8, 4) is 0 Å². The number of aliphatic imine (C=N–C) groups is 1. The Morgan fingerprint density at radius 2 is 1.73 bits per heavy atom. The van der Waals surface area contributed by atoms with Crippen LogP contribution in [0.15, 0.2) is 29.3 Å². The molecule has 0 fully saturated rings. The summed E-state index contributed by atoms with van der Waals surface area (Å²) in [7, 11) is 1.53. The third-order valence-corrected chi connectivity index (χ3v) is 3.50. The lowest BCUT2D eigenvalue weighted by atomic mass is 9.85. The Balaban J connectivity index is 2.53. The maximum absolute atomic E-state index is 12.1. The van der Waals surface area contributed by atoms with E-state index in [1.54, 1.807) is 0 Å². The molecule has 124 valence electrons. The van der Waals surface area contributed by atoms with Gasteiger partial charge in [-0.25, -0.2) is 0 Å². The predicted octanol–water partition coefficient (Wildman–Crippen LogP) is 3.74. The summed E-state index contributed by atoms with van der Waals surface area (Å²) in [6.45, 7) is 4.39. The second kappa shape index (κ2) is 7.72. The monoisotopic (exact) mass is 335 g/mol. The van der Waals surface area contributed by atoms with Crippen LogP contribution in [0.5, 0.6) is 0 Å². The van der Waals surface area contributed by atoms with E-state index < -0.39 is 12.6 Å². The van der Waals surface area contributed by atoms with Crippen LogP contribution in [0.1, 0.15) is 25.8 Å². The van der Waals surface area contributed by atoms with Crippen molar-refractivity contribution in [1.29, 1.82) is 0 Å². The largest absolute Gasteiger partial charge is 0.390 e. The number of hydrogen-bond donors (Lipinski definition) is 2. The Kier molecular flexibility index (Phi) is 6.53. The van der Waals surface area contributed by atoms with Gasteiger partial charge in [0.25, 0.3) is 0 Å². The van der Waals surface area contributed by atoms with E-state index >= 15 is 0 Å². The van der Waals surface area contributed by atoms with Crippen LogP contribution < -0.4 is 10.6 Å². The minimum atomic E-state index is -4.17. The second-order valence-corrected chi connectivity index (χ2v) is 6.04. The van der Waals surface area contributed by atoms with Gasteiger partial charge in [-0.2, -0.15) is 13.2 Å². The van der Waals surface area contributed by atoms with Crippen LogP contribution in [-0.2, 0) is 5.41 Å². The molecule has 1 aromatic rings. The molecule has 2 N–H and O–H groups in total. The normalized spacial score (nSPS) is 13.1. The van der Waals surface area contributed by atoms with Gasteiger partial charge in [-0.3, -0.25) is 4.99 Å². The van der Waals surface area contributed by atoms with Gasteiger partial charge in [0.15, 0.2) is 5.96 Å². The average molecular weight is 336 g/mol. The number of nitrogens with one attached hydrogen (secondary N) is 2. The van der Waals surface area contributed by atoms with Crippen LogP contribution in [0, 0.1) is 0 Å². The summed E-state index contributed by atoms with van der Waals surface area (Å²) in [6.07, 6.45) is -5.07. The fourth-order valence-corrected chi connectivity index (χ4v) is 1.98. The fourth-order valence-electron chi connectivity index (χ4n) is 1.85. The molecule has 1 rings (SSSR count). The van der Waals surface area contributed by atoms with Gasteiger partial charge >= 0.3 is 6.18 Å². The lowest BCUT2D eigenvalue weighted by molar-refractivity contribution is -0.132. The molecule has 0 amide bonds. The number of alkyl halides is 3. The molecule has 7 heteroatoms. The zero-order valence-corrected chi connectivity index (χ0v) is 13.6. The highest BCUT2D eigenvalue weighted by molar-refractivity contribution is 6.30. The van der Waals surface area contributed by atoms with E-state index in [1.807, 2.05) is 38.1 Å². The number of halogens is 4. The fraction of sp³-hybridized carbons (Fsp3) is 0.533. The molecule has 0 saturated carbocycles. The highest BCUT2D eigenvalue weighted by Gasteiger charge is 2.26. The summed E-state index contributed by atoms with van der Waals surface area (Å²) in [5, 5.41) is 6.37. The van der Waals surface area contributed by atoms with E-state index in [4.69, 9.17) is 11.6 Å². The third-order valence-electron chi connectivity index (χ3n) is 3.25. The maximum atomic E-state index is 12.1. The molecule has 0 unspecified atom stereocenters. The van der Waals surface area contributed by atoms with E-state index in [9.17, 15) is 13.2 Å². The van der Waals surface area contributed by atoms with E-state index in [2.05, 4.69) is 15.6 Å². The minimum absolute atomic E-state index is 0.204. The van der Waals surface area contributed by atoms with Crippen LogP contribution in [0.2, 0.25) is 5.02 Å². The van der Waals surface area contributed by atoms with E-state index in [-0.39, 0.29) is 12.0 Å². The Hall–Kier alpha value is -1.43. The molecule has 0 spiro atoms. The van der Waals surface area contributed by atoms with Gasteiger partial charge in [0, 0.05) is 30.6 Å². The summed E-state index contributed by atoms with van der Waals surface area (Å²) in [5.41, 5.74) is 0.863.